The highest BCUT2D eigenvalue weighted by Gasteiger charge is 2.07. The lowest BCUT2D eigenvalue weighted by molar-refractivity contribution is 0.280. The number of aryl methyl sites for hydroxylation is 1. The van der Waals surface area contributed by atoms with Crippen LogP contribution < -0.4 is 5.73 Å². The van der Waals surface area contributed by atoms with Crippen molar-refractivity contribution in [1.29, 1.82) is 0 Å². The summed E-state index contributed by atoms with van der Waals surface area (Å²) in [6.07, 6.45) is 2.75. The van der Waals surface area contributed by atoms with E-state index in [9.17, 15) is 0 Å². The zero-order valence-electron chi connectivity index (χ0n) is 8.40. The molecule has 1 aromatic heterocycles. The first-order valence-electron chi connectivity index (χ1n) is 4.73. The zero-order valence-corrected chi connectivity index (χ0v) is 10.0. The second kappa shape index (κ2) is 7.23. The summed E-state index contributed by atoms with van der Waals surface area (Å²) in [6.45, 7) is 2.38. The number of hydrogen-bond donors (Lipinski definition) is 2. The van der Waals surface area contributed by atoms with Crippen LogP contribution in [-0.2, 0) is 6.42 Å². The minimum Gasteiger partial charge on any atom is -0.396 e. The summed E-state index contributed by atoms with van der Waals surface area (Å²) < 4.78 is 0. The number of aliphatic hydroxyl groups is 1. The van der Waals surface area contributed by atoms with Crippen LogP contribution in [0.25, 0.3) is 0 Å². The normalized spacial score (nSPS) is 12.2. The zero-order chi connectivity index (χ0) is 9.68. The Labute approximate surface area is 95.5 Å². The molecule has 3 N–H and O–H groups in total. The van der Waals surface area contributed by atoms with Gasteiger partial charge in [0.15, 0.2) is 0 Å². The Kier molecular flexibility index (Phi) is 7.19. The van der Waals surface area contributed by atoms with Gasteiger partial charge in [-0.1, -0.05) is 6.92 Å². The van der Waals surface area contributed by atoms with Crippen molar-refractivity contribution in [3.63, 3.8) is 0 Å². The highest BCUT2D eigenvalue weighted by atomic mass is 35.5. The van der Waals surface area contributed by atoms with Crippen LogP contribution in [0.15, 0.2) is 12.1 Å². The lowest BCUT2D eigenvalue weighted by Gasteiger charge is -2.07. The van der Waals surface area contributed by atoms with E-state index in [1.54, 1.807) is 11.3 Å². The Hall–Kier alpha value is -0.0900. The van der Waals surface area contributed by atoms with Gasteiger partial charge in [-0.3, -0.25) is 0 Å². The maximum absolute atomic E-state index is 8.66. The molecule has 0 saturated carbocycles. The summed E-state index contributed by atoms with van der Waals surface area (Å²) in [4.78, 5) is 2.62. The van der Waals surface area contributed by atoms with Gasteiger partial charge in [0.2, 0.25) is 0 Å². The second-order valence-corrected chi connectivity index (χ2v) is 4.33. The van der Waals surface area contributed by atoms with Crippen LogP contribution in [-0.4, -0.2) is 11.7 Å². The first-order valence-corrected chi connectivity index (χ1v) is 5.54. The van der Waals surface area contributed by atoms with Gasteiger partial charge < -0.3 is 10.8 Å². The minimum absolute atomic E-state index is 0. The Bertz CT molecular complexity index is 252. The molecule has 0 bridgehead atoms. The van der Waals surface area contributed by atoms with Crippen LogP contribution in [0, 0.1) is 0 Å². The van der Waals surface area contributed by atoms with Crippen molar-refractivity contribution in [2.75, 3.05) is 6.61 Å². The number of rotatable bonds is 5. The molecule has 82 valence electrons. The summed E-state index contributed by atoms with van der Waals surface area (Å²) in [7, 11) is 0. The summed E-state index contributed by atoms with van der Waals surface area (Å²) in [5.74, 6) is 0. The number of nitrogens with two attached hydrogens (primary N) is 1. The quantitative estimate of drug-likeness (QED) is 0.824. The number of hydrogen-bond acceptors (Lipinski definition) is 3. The van der Waals surface area contributed by atoms with Crippen LogP contribution in [0.1, 0.15) is 35.6 Å². The maximum atomic E-state index is 8.66. The van der Waals surface area contributed by atoms with Gasteiger partial charge in [0.05, 0.1) is 0 Å². The highest BCUT2D eigenvalue weighted by Crippen LogP contribution is 2.24. The first kappa shape index (κ1) is 13.9. The van der Waals surface area contributed by atoms with E-state index >= 15 is 0 Å². The molecule has 0 aliphatic rings. The van der Waals surface area contributed by atoms with Gasteiger partial charge in [0.25, 0.3) is 0 Å². The predicted molar refractivity (Wildman–Crippen MR) is 64.2 cm³/mol. The van der Waals surface area contributed by atoms with E-state index in [0.29, 0.717) is 0 Å². The van der Waals surface area contributed by atoms with Gasteiger partial charge in [-0.15, -0.1) is 23.7 Å². The van der Waals surface area contributed by atoms with Crippen LogP contribution in [0.4, 0.5) is 0 Å². The van der Waals surface area contributed by atoms with Gasteiger partial charge in [0, 0.05) is 22.4 Å². The third-order valence-electron chi connectivity index (χ3n) is 2.07. The smallest absolute Gasteiger partial charge is 0.0431 e. The average Bonchev–Trinajstić information content (AvgIpc) is 2.62. The van der Waals surface area contributed by atoms with E-state index in [1.807, 2.05) is 0 Å². The molecule has 0 amide bonds. The molecule has 0 radical (unpaired) electrons. The second-order valence-electron chi connectivity index (χ2n) is 3.13. The average molecular weight is 236 g/mol. The SMILES string of the molecule is CCc1ccc([C@H](N)CCCO)s1.Cl. The third-order valence-corrected chi connectivity index (χ3v) is 3.43. The predicted octanol–water partition coefficient (Wildman–Crippen LogP) is 2.50. The van der Waals surface area contributed by atoms with Crippen molar-refractivity contribution >= 4 is 23.7 Å². The third kappa shape index (κ3) is 3.96. The van der Waals surface area contributed by atoms with E-state index in [-0.39, 0.29) is 25.1 Å². The molecule has 0 spiro atoms. The summed E-state index contributed by atoms with van der Waals surface area (Å²) in [5.41, 5.74) is 5.95. The Morgan fingerprint density at radius 2 is 2.21 bits per heavy atom. The Morgan fingerprint density at radius 1 is 1.50 bits per heavy atom. The Morgan fingerprint density at radius 3 is 2.71 bits per heavy atom. The van der Waals surface area contributed by atoms with Gasteiger partial charge in [0.1, 0.15) is 0 Å². The van der Waals surface area contributed by atoms with Gasteiger partial charge >= 0.3 is 0 Å². The molecule has 1 atom stereocenters. The number of halogens is 1. The molecule has 0 aliphatic heterocycles. The van der Waals surface area contributed by atoms with E-state index in [4.69, 9.17) is 10.8 Å². The molecule has 1 rings (SSSR count). The van der Waals surface area contributed by atoms with Gasteiger partial charge in [-0.2, -0.15) is 0 Å². The van der Waals surface area contributed by atoms with Crippen molar-refractivity contribution in [3.8, 4) is 0 Å². The molecule has 0 saturated heterocycles. The fourth-order valence-corrected chi connectivity index (χ4v) is 2.23. The standard InChI is InChI=1S/C10H17NOS.ClH/c1-2-8-5-6-10(13-8)9(11)4-3-7-12;/h5-6,9,12H,2-4,7,11H2,1H3;1H/t9-;/m1./s1. The van der Waals surface area contributed by atoms with Crippen LogP contribution in [0.3, 0.4) is 0 Å². The van der Waals surface area contributed by atoms with E-state index in [2.05, 4.69) is 19.1 Å². The number of thiophene rings is 1. The molecular weight excluding hydrogens is 218 g/mol. The molecule has 0 aliphatic carbocycles. The maximum Gasteiger partial charge on any atom is 0.0431 e. The first-order chi connectivity index (χ1) is 6.27. The molecule has 14 heavy (non-hydrogen) atoms. The van der Waals surface area contributed by atoms with Crippen molar-refractivity contribution < 1.29 is 5.11 Å². The van der Waals surface area contributed by atoms with E-state index in [0.717, 1.165) is 19.3 Å². The Balaban J connectivity index is 0.00000169. The number of aliphatic hydroxyl groups excluding tert-OH is 1. The largest absolute Gasteiger partial charge is 0.396 e. The van der Waals surface area contributed by atoms with E-state index < -0.39 is 0 Å². The molecule has 1 heterocycles. The molecule has 2 nitrogen and oxygen atoms in total. The topological polar surface area (TPSA) is 46.2 Å². The van der Waals surface area contributed by atoms with Gasteiger partial charge in [-0.05, 0) is 31.4 Å². The van der Waals surface area contributed by atoms with Crippen molar-refractivity contribution in [2.24, 2.45) is 5.73 Å². The monoisotopic (exact) mass is 235 g/mol. The lowest BCUT2D eigenvalue weighted by Crippen LogP contribution is -2.08. The summed E-state index contributed by atoms with van der Waals surface area (Å²) in [6, 6.07) is 4.35. The fraction of sp³-hybridized carbons (Fsp3) is 0.600. The van der Waals surface area contributed by atoms with E-state index in [1.165, 1.54) is 9.75 Å². The van der Waals surface area contributed by atoms with Crippen LogP contribution in [0.5, 0.6) is 0 Å². The molecular formula is C10H18ClNOS. The molecule has 1 aromatic rings. The summed E-state index contributed by atoms with van der Waals surface area (Å²) in [5, 5.41) is 8.66. The molecule has 0 unspecified atom stereocenters. The summed E-state index contributed by atoms with van der Waals surface area (Å²) >= 11 is 1.78. The van der Waals surface area contributed by atoms with Crippen LogP contribution >= 0.6 is 23.7 Å². The highest BCUT2D eigenvalue weighted by molar-refractivity contribution is 7.12. The molecule has 0 fully saturated rings. The van der Waals surface area contributed by atoms with Crippen molar-refractivity contribution in [2.45, 2.75) is 32.2 Å². The van der Waals surface area contributed by atoms with Crippen molar-refractivity contribution in [1.82, 2.24) is 0 Å². The molecule has 4 heteroatoms. The lowest BCUT2D eigenvalue weighted by atomic mass is 10.1. The van der Waals surface area contributed by atoms with Crippen LogP contribution in [0.2, 0.25) is 0 Å². The fourth-order valence-electron chi connectivity index (χ4n) is 1.24. The van der Waals surface area contributed by atoms with Crippen molar-refractivity contribution in [3.05, 3.63) is 21.9 Å². The minimum atomic E-state index is 0. The van der Waals surface area contributed by atoms with Gasteiger partial charge in [-0.25, -0.2) is 0 Å². The molecule has 0 aromatic carbocycles.